The number of aliphatic hydroxyl groups excluding tert-OH is 1. The summed E-state index contributed by atoms with van der Waals surface area (Å²) in [6.45, 7) is 4.46. The third-order valence-corrected chi connectivity index (χ3v) is 18.4. The molecule has 0 aliphatic carbocycles. The van der Waals surface area contributed by atoms with E-state index in [1.165, 1.54) is 38.5 Å². The minimum atomic E-state index is -5.01. The van der Waals surface area contributed by atoms with Crippen LogP contribution in [0.15, 0.2) is 158 Å². The summed E-state index contributed by atoms with van der Waals surface area (Å²) >= 11 is 0. The van der Waals surface area contributed by atoms with E-state index < -0.39 is 97.5 Å². The Balaban J connectivity index is 5.46. The van der Waals surface area contributed by atoms with Gasteiger partial charge in [0.15, 0.2) is 12.2 Å². The van der Waals surface area contributed by atoms with Crippen molar-refractivity contribution in [3.8, 4) is 0 Å². The van der Waals surface area contributed by atoms with Gasteiger partial charge in [-0.2, -0.15) is 0 Å². The van der Waals surface area contributed by atoms with Crippen molar-refractivity contribution >= 4 is 39.5 Å². The second-order valence-corrected chi connectivity index (χ2v) is 29.5. The van der Waals surface area contributed by atoms with E-state index in [4.69, 9.17) is 37.0 Å². The van der Waals surface area contributed by atoms with Crippen LogP contribution in [0, 0.1) is 0 Å². The summed E-state index contributed by atoms with van der Waals surface area (Å²) < 4.78 is 68.6. The maximum atomic E-state index is 13.1. The molecule has 19 heteroatoms. The fourth-order valence-electron chi connectivity index (χ4n) is 10.3. The minimum absolute atomic E-state index is 0.0273. The molecule has 0 heterocycles. The molecule has 0 bridgehead atoms. The standard InChI is InChI=1S/C87H144O17P2/c1-5-9-13-17-21-25-29-33-36-38-40-42-45-49-52-56-60-64-68-72-85(90)98-78-83(104-87(92)74-70-66-62-58-54-50-46-43-41-39-37-34-30-26-22-18-14-10-6-2)80-102-106(95,96)100-76-81(88)75-99-105(93,94)101-79-82(103-86(91)73-69-65-61-57-53-47-32-28-24-20-16-12-8-4)77-97-84(89)71-67-63-59-55-51-48-44-35-31-27-23-19-15-11-7-3/h9-10,13-14,16,20-22,25-26,28,32-37,40-44,49,52,60,64,81-83,88H,5-8,11-12,15,17-19,23-24,27,29-31,38-39,45-48,50-51,53-59,61-63,65-80H2,1-4H3,(H,93,94)(H,95,96)/b13-9-,14-10-,20-16-,25-21-,26-22-,32-28-,36-33-,37-34-,42-40-,43-41-,44-35-,52-49-,64-60-. The van der Waals surface area contributed by atoms with E-state index in [9.17, 15) is 43.2 Å². The smallest absolute Gasteiger partial charge is 0.462 e. The topological polar surface area (TPSA) is 237 Å². The molecule has 17 nitrogen and oxygen atoms in total. The monoisotopic (exact) mass is 1520 g/mol. The van der Waals surface area contributed by atoms with Crippen molar-refractivity contribution in [3.63, 3.8) is 0 Å². The van der Waals surface area contributed by atoms with Crippen LogP contribution in [0.3, 0.4) is 0 Å². The van der Waals surface area contributed by atoms with Gasteiger partial charge in [0.25, 0.3) is 0 Å². The van der Waals surface area contributed by atoms with Crippen LogP contribution >= 0.6 is 15.6 Å². The number of carbonyl (C=O) groups excluding carboxylic acids is 4. The van der Waals surface area contributed by atoms with Crippen LogP contribution in [0.1, 0.15) is 310 Å². The molecule has 0 rings (SSSR count). The number of unbranched alkanes of at least 4 members (excludes halogenated alkanes) is 23. The van der Waals surface area contributed by atoms with Crippen molar-refractivity contribution in [2.24, 2.45) is 0 Å². The highest BCUT2D eigenvalue weighted by molar-refractivity contribution is 7.47. The fourth-order valence-corrected chi connectivity index (χ4v) is 11.9. The Morgan fingerprint density at radius 2 is 0.528 bits per heavy atom. The van der Waals surface area contributed by atoms with E-state index in [0.717, 1.165) is 186 Å². The highest BCUT2D eigenvalue weighted by Gasteiger charge is 2.30. The van der Waals surface area contributed by atoms with Gasteiger partial charge < -0.3 is 33.8 Å². The van der Waals surface area contributed by atoms with Gasteiger partial charge in [-0.05, 0) is 154 Å². The molecule has 0 aliphatic heterocycles. The highest BCUT2D eigenvalue weighted by atomic mass is 31.2. The Hall–Kier alpha value is -5.32. The Bertz CT molecular complexity index is 2630. The lowest BCUT2D eigenvalue weighted by atomic mass is 10.1. The molecule has 5 unspecified atom stereocenters. The van der Waals surface area contributed by atoms with Crippen LogP contribution in [0.5, 0.6) is 0 Å². The molecule has 604 valence electrons. The maximum absolute atomic E-state index is 13.1. The van der Waals surface area contributed by atoms with Crippen LogP contribution in [0.4, 0.5) is 0 Å². The van der Waals surface area contributed by atoms with Gasteiger partial charge in [0.2, 0.25) is 0 Å². The van der Waals surface area contributed by atoms with Gasteiger partial charge >= 0.3 is 39.5 Å². The fraction of sp³-hybridized carbons (Fsp3) is 0.655. The van der Waals surface area contributed by atoms with Crippen LogP contribution < -0.4 is 0 Å². The number of aliphatic hydroxyl groups is 1. The van der Waals surface area contributed by atoms with E-state index >= 15 is 0 Å². The lowest BCUT2D eigenvalue weighted by Gasteiger charge is -2.21. The molecule has 0 aromatic heterocycles. The van der Waals surface area contributed by atoms with Crippen LogP contribution in [0.25, 0.3) is 0 Å². The van der Waals surface area contributed by atoms with Crippen molar-refractivity contribution in [2.45, 2.75) is 329 Å². The van der Waals surface area contributed by atoms with Gasteiger partial charge in [-0.1, -0.05) is 288 Å². The molecule has 0 amide bonds. The zero-order valence-electron chi connectivity index (χ0n) is 66.1. The van der Waals surface area contributed by atoms with Crippen LogP contribution in [0.2, 0.25) is 0 Å². The number of ether oxygens (including phenoxy) is 4. The third-order valence-electron chi connectivity index (χ3n) is 16.5. The van der Waals surface area contributed by atoms with Crippen LogP contribution in [-0.2, 0) is 65.4 Å². The predicted octanol–water partition coefficient (Wildman–Crippen LogP) is 24.0. The Morgan fingerprint density at radius 1 is 0.274 bits per heavy atom. The first-order valence-corrected chi connectivity index (χ1v) is 43.7. The zero-order chi connectivity index (χ0) is 77.4. The van der Waals surface area contributed by atoms with Crippen molar-refractivity contribution in [2.75, 3.05) is 39.6 Å². The Kier molecular flexibility index (Phi) is 73.9. The average molecular weight is 1520 g/mol. The highest BCUT2D eigenvalue weighted by Crippen LogP contribution is 2.45. The molecule has 106 heavy (non-hydrogen) atoms. The zero-order valence-corrected chi connectivity index (χ0v) is 67.8. The SMILES string of the molecule is CC/C=C\C/C=C\C/C=C\C/C=C\C/C=C\C/C=C\CCC(=O)OCC(COP(=O)(O)OCC(O)COP(=O)(O)OCC(COC(=O)CCCCCCC/C=C\CCCCCCCC)OC(=O)CCCCCCC/C=C\C/C=C\CCC)OC(=O)CCCCCCCC/C=C\C/C=C\C/C=C\C/C=C\CC. The summed E-state index contributed by atoms with van der Waals surface area (Å²) in [4.78, 5) is 73.1. The predicted molar refractivity (Wildman–Crippen MR) is 436 cm³/mol. The van der Waals surface area contributed by atoms with Gasteiger partial charge in [-0.25, -0.2) is 9.13 Å². The Morgan fingerprint density at radius 3 is 0.858 bits per heavy atom. The molecule has 3 N–H and O–H groups in total. The minimum Gasteiger partial charge on any atom is -0.462 e. The molecule has 0 aliphatic rings. The normalized spacial score (nSPS) is 14.7. The lowest BCUT2D eigenvalue weighted by molar-refractivity contribution is -0.161. The number of hydrogen-bond donors (Lipinski definition) is 3. The molecule has 0 saturated heterocycles. The molecule has 0 spiro atoms. The van der Waals surface area contributed by atoms with E-state index in [0.29, 0.717) is 32.1 Å². The first kappa shape index (κ1) is 101. The van der Waals surface area contributed by atoms with E-state index in [-0.39, 0.29) is 25.7 Å². The number of phosphoric acid groups is 2. The van der Waals surface area contributed by atoms with E-state index in [1.54, 1.807) is 0 Å². The molecule has 5 atom stereocenters. The van der Waals surface area contributed by atoms with Crippen molar-refractivity contribution in [1.82, 2.24) is 0 Å². The van der Waals surface area contributed by atoms with E-state index in [1.807, 2.05) is 18.2 Å². The first-order valence-electron chi connectivity index (χ1n) is 40.7. The molecule has 0 saturated carbocycles. The number of allylic oxidation sites excluding steroid dienone is 26. The molecule has 0 aromatic rings. The van der Waals surface area contributed by atoms with Gasteiger partial charge in [-0.3, -0.25) is 37.3 Å². The molecular weight excluding hydrogens is 1380 g/mol. The second kappa shape index (κ2) is 77.8. The summed E-state index contributed by atoms with van der Waals surface area (Å²) in [7, 11) is -10.00. The molecular formula is C87H144O17P2. The average Bonchev–Trinajstić information content (AvgIpc) is 0.903. The maximum Gasteiger partial charge on any atom is 0.472 e. The van der Waals surface area contributed by atoms with Crippen molar-refractivity contribution in [1.29, 1.82) is 0 Å². The molecule has 0 radical (unpaired) electrons. The summed E-state index contributed by atoms with van der Waals surface area (Å²) in [5.41, 5.74) is 0. The quantitative estimate of drug-likeness (QED) is 0.0169. The summed E-state index contributed by atoms with van der Waals surface area (Å²) in [6, 6.07) is 0. The van der Waals surface area contributed by atoms with Gasteiger partial charge in [0.1, 0.15) is 19.3 Å². The summed E-state index contributed by atoms with van der Waals surface area (Å²) in [6.07, 6.45) is 90.9. The number of esters is 4. The van der Waals surface area contributed by atoms with Crippen LogP contribution in [-0.4, -0.2) is 96.7 Å². The van der Waals surface area contributed by atoms with Gasteiger partial charge in [-0.15, -0.1) is 0 Å². The van der Waals surface area contributed by atoms with Crippen molar-refractivity contribution < 1.29 is 80.2 Å². The third kappa shape index (κ3) is 76.9. The Labute approximate surface area is 642 Å². The number of hydrogen-bond acceptors (Lipinski definition) is 15. The second-order valence-electron chi connectivity index (χ2n) is 26.6. The summed E-state index contributed by atoms with van der Waals surface area (Å²) in [5.74, 6) is -2.32. The van der Waals surface area contributed by atoms with E-state index in [2.05, 4.69) is 167 Å². The van der Waals surface area contributed by atoms with Crippen molar-refractivity contribution in [3.05, 3.63) is 158 Å². The number of carbonyl (C=O) groups is 4. The van der Waals surface area contributed by atoms with Gasteiger partial charge in [0, 0.05) is 25.7 Å². The number of phosphoric ester groups is 2. The summed E-state index contributed by atoms with van der Waals surface area (Å²) in [5, 5.41) is 10.6. The molecule has 0 fully saturated rings. The molecule has 0 aromatic carbocycles. The number of rotatable bonds is 75. The lowest BCUT2D eigenvalue weighted by Crippen LogP contribution is -2.30. The largest absolute Gasteiger partial charge is 0.472 e. The first-order chi connectivity index (χ1) is 51.7. The van der Waals surface area contributed by atoms with Gasteiger partial charge in [0.05, 0.1) is 26.4 Å².